The quantitative estimate of drug-likeness (QED) is 0.849. The third-order valence-corrected chi connectivity index (χ3v) is 4.22. The normalized spacial score (nSPS) is 11.2. The van der Waals surface area contributed by atoms with E-state index in [1.807, 2.05) is 43.3 Å². The topological polar surface area (TPSA) is 75.4 Å². The van der Waals surface area contributed by atoms with E-state index in [1.54, 1.807) is 12.1 Å². The molecule has 2 aromatic rings. The third-order valence-electron chi connectivity index (χ3n) is 3.11. The molecule has 0 atom stereocenters. The first-order valence-corrected chi connectivity index (χ1v) is 8.30. The standard InChI is InChI=1S/C15H19N3O2S/c1-18(2)12-6-4-11(5-7-12)17-15-9-8-13(10-14(15)16)21(3,19)20/h4-10,17H,16H2,1-3H3. The number of rotatable bonds is 4. The summed E-state index contributed by atoms with van der Waals surface area (Å²) in [4.78, 5) is 2.23. The van der Waals surface area contributed by atoms with Crippen LogP contribution < -0.4 is 16.0 Å². The van der Waals surface area contributed by atoms with Gasteiger partial charge in [0.15, 0.2) is 9.84 Å². The van der Waals surface area contributed by atoms with Crippen LogP contribution in [0.25, 0.3) is 0 Å². The van der Waals surface area contributed by atoms with E-state index in [4.69, 9.17) is 5.73 Å². The second-order valence-corrected chi connectivity index (χ2v) is 7.10. The Morgan fingerprint density at radius 1 is 1.05 bits per heavy atom. The van der Waals surface area contributed by atoms with Crippen molar-refractivity contribution in [1.29, 1.82) is 0 Å². The van der Waals surface area contributed by atoms with Gasteiger partial charge in [0.2, 0.25) is 0 Å². The maximum atomic E-state index is 11.5. The Morgan fingerprint density at radius 3 is 2.14 bits per heavy atom. The number of nitrogens with zero attached hydrogens (tertiary/aromatic N) is 1. The highest BCUT2D eigenvalue weighted by atomic mass is 32.2. The number of nitrogens with two attached hydrogens (primary N) is 1. The predicted molar refractivity (Wildman–Crippen MR) is 88.0 cm³/mol. The van der Waals surface area contributed by atoms with Crippen LogP contribution in [0.4, 0.5) is 22.7 Å². The van der Waals surface area contributed by atoms with E-state index in [1.165, 1.54) is 6.07 Å². The SMILES string of the molecule is CN(C)c1ccc(Nc2ccc(S(C)(=O)=O)cc2N)cc1. The molecule has 0 aromatic heterocycles. The second-order valence-electron chi connectivity index (χ2n) is 5.09. The molecule has 0 aliphatic heterocycles. The maximum Gasteiger partial charge on any atom is 0.175 e. The van der Waals surface area contributed by atoms with E-state index >= 15 is 0 Å². The smallest absolute Gasteiger partial charge is 0.175 e. The van der Waals surface area contributed by atoms with E-state index in [0.717, 1.165) is 17.6 Å². The van der Waals surface area contributed by atoms with E-state index in [0.29, 0.717) is 11.4 Å². The van der Waals surface area contributed by atoms with E-state index < -0.39 is 9.84 Å². The lowest BCUT2D eigenvalue weighted by molar-refractivity contribution is 0.602. The van der Waals surface area contributed by atoms with Gasteiger partial charge < -0.3 is 16.0 Å². The van der Waals surface area contributed by atoms with Crippen LogP contribution in [0.2, 0.25) is 0 Å². The van der Waals surface area contributed by atoms with Crippen LogP contribution in [0, 0.1) is 0 Å². The van der Waals surface area contributed by atoms with Gasteiger partial charge in [-0.3, -0.25) is 0 Å². The molecule has 0 saturated heterocycles. The number of hydrogen-bond acceptors (Lipinski definition) is 5. The molecule has 0 heterocycles. The summed E-state index contributed by atoms with van der Waals surface area (Å²) in [5, 5.41) is 3.18. The molecule has 3 N–H and O–H groups in total. The van der Waals surface area contributed by atoms with Gasteiger partial charge in [0.05, 0.1) is 16.3 Å². The van der Waals surface area contributed by atoms with Crippen molar-refractivity contribution in [3.05, 3.63) is 42.5 Å². The highest BCUT2D eigenvalue weighted by Gasteiger charge is 2.09. The number of nitrogen functional groups attached to an aromatic ring is 1. The van der Waals surface area contributed by atoms with Crippen molar-refractivity contribution in [3.8, 4) is 0 Å². The third kappa shape index (κ3) is 3.66. The monoisotopic (exact) mass is 305 g/mol. The van der Waals surface area contributed by atoms with Crippen molar-refractivity contribution in [2.24, 2.45) is 0 Å². The van der Waals surface area contributed by atoms with Crippen LogP contribution in [-0.2, 0) is 9.84 Å². The lowest BCUT2D eigenvalue weighted by atomic mass is 10.2. The molecular weight excluding hydrogens is 286 g/mol. The van der Waals surface area contributed by atoms with Crippen molar-refractivity contribution in [2.75, 3.05) is 36.3 Å². The van der Waals surface area contributed by atoms with Crippen molar-refractivity contribution < 1.29 is 8.42 Å². The summed E-state index contributed by atoms with van der Waals surface area (Å²) in [6.45, 7) is 0. The molecule has 0 aliphatic rings. The average molecular weight is 305 g/mol. The lowest BCUT2D eigenvalue weighted by Crippen LogP contribution is -2.08. The first-order chi connectivity index (χ1) is 9.77. The van der Waals surface area contributed by atoms with Gasteiger partial charge in [-0.25, -0.2) is 8.42 Å². The molecule has 0 radical (unpaired) electrons. The molecule has 0 spiro atoms. The second kappa shape index (κ2) is 5.65. The zero-order chi connectivity index (χ0) is 15.6. The largest absolute Gasteiger partial charge is 0.397 e. The highest BCUT2D eigenvalue weighted by Crippen LogP contribution is 2.26. The van der Waals surface area contributed by atoms with Crippen LogP contribution in [0.1, 0.15) is 0 Å². The Morgan fingerprint density at radius 2 is 1.67 bits per heavy atom. The van der Waals surface area contributed by atoms with Gasteiger partial charge in [-0.1, -0.05) is 0 Å². The minimum absolute atomic E-state index is 0.216. The van der Waals surface area contributed by atoms with Crippen LogP contribution in [-0.4, -0.2) is 28.8 Å². The van der Waals surface area contributed by atoms with Gasteiger partial charge in [-0.2, -0.15) is 0 Å². The zero-order valence-corrected chi connectivity index (χ0v) is 13.1. The molecule has 112 valence electrons. The number of hydrogen-bond donors (Lipinski definition) is 2. The summed E-state index contributed by atoms with van der Waals surface area (Å²) in [7, 11) is 0.710. The number of nitrogens with one attached hydrogen (secondary N) is 1. The van der Waals surface area contributed by atoms with Gasteiger partial charge in [0.25, 0.3) is 0 Å². The number of benzene rings is 2. The average Bonchev–Trinajstić information content (AvgIpc) is 2.40. The molecule has 0 unspecified atom stereocenters. The Balaban J connectivity index is 2.24. The number of sulfone groups is 1. The van der Waals surface area contributed by atoms with Crippen molar-refractivity contribution in [1.82, 2.24) is 0 Å². The molecule has 0 amide bonds. The molecular formula is C15H19N3O2S. The van der Waals surface area contributed by atoms with Crippen LogP contribution in [0.5, 0.6) is 0 Å². The summed E-state index contributed by atoms with van der Waals surface area (Å²) in [6, 6.07) is 12.5. The van der Waals surface area contributed by atoms with Gasteiger partial charge in [0, 0.05) is 31.7 Å². The summed E-state index contributed by atoms with van der Waals surface area (Å²) < 4.78 is 23.0. The first kappa shape index (κ1) is 15.2. The molecule has 0 fully saturated rings. The molecule has 6 heteroatoms. The van der Waals surface area contributed by atoms with Crippen LogP contribution in [0.3, 0.4) is 0 Å². The molecule has 5 nitrogen and oxygen atoms in total. The fourth-order valence-corrected chi connectivity index (χ4v) is 2.54. The Hall–Kier alpha value is -2.21. The number of anilines is 4. The van der Waals surface area contributed by atoms with Gasteiger partial charge in [0.1, 0.15) is 0 Å². The summed E-state index contributed by atoms with van der Waals surface area (Å²) in [5.74, 6) is 0. The first-order valence-electron chi connectivity index (χ1n) is 6.41. The summed E-state index contributed by atoms with van der Waals surface area (Å²) in [6.07, 6.45) is 1.16. The molecule has 0 bridgehead atoms. The van der Waals surface area contributed by atoms with Crippen molar-refractivity contribution in [2.45, 2.75) is 4.90 Å². The van der Waals surface area contributed by atoms with Crippen molar-refractivity contribution >= 4 is 32.6 Å². The minimum Gasteiger partial charge on any atom is -0.397 e. The fraction of sp³-hybridized carbons (Fsp3) is 0.200. The van der Waals surface area contributed by atoms with Crippen LogP contribution in [0.15, 0.2) is 47.4 Å². The van der Waals surface area contributed by atoms with Gasteiger partial charge in [-0.15, -0.1) is 0 Å². The van der Waals surface area contributed by atoms with E-state index in [2.05, 4.69) is 5.32 Å². The summed E-state index contributed by atoms with van der Waals surface area (Å²) >= 11 is 0. The fourth-order valence-electron chi connectivity index (χ4n) is 1.88. The highest BCUT2D eigenvalue weighted by molar-refractivity contribution is 7.90. The molecule has 2 rings (SSSR count). The zero-order valence-electron chi connectivity index (χ0n) is 12.3. The van der Waals surface area contributed by atoms with Crippen LogP contribution >= 0.6 is 0 Å². The molecule has 2 aromatic carbocycles. The summed E-state index contributed by atoms with van der Waals surface area (Å²) in [5.41, 5.74) is 8.97. The molecule has 0 saturated carbocycles. The van der Waals surface area contributed by atoms with E-state index in [9.17, 15) is 8.42 Å². The Bertz CT molecular complexity index is 738. The molecule has 0 aliphatic carbocycles. The minimum atomic E-state index is -3.24. The van der Waals surface area contributed by atoms with E-state index in [-0.39, 0.29) is 4.90 Å². The Kier molecular flexibility index (Phi) is 4.09. The molecule has 21 heavy (non-hydrogen) atoms. The Labute approximate surface area is 125 Å². The van der Waals surface area contributed by atoms with Gasteiger partial charge >= 0.3 is 0 Å². The van der Waals surface area contributed by atoms with Crippen molar-refractivity contribution in [3.63, 3.8) is 0 Å². The predicted octanol–water partition coefficient (Wildman–Crippen LogP) is 2.48. The maximum absolute atomic E-state index is 11.5. The lowest BCUT2D eigenvalue weighted by Gasteiger charge is -2.14. The van der Waals surface area contributed by atoms with Gasteiger partial charge in [-0.05, 0) is 42.5 Å².